The average molecular weight is 492 g/mol. The zero-order valence-electron chi connectivity index (χ0n) is 22.0. The van der Waals surface area contributed by atoms with E-state index in [1.807, 2.05) is 6.92 Å². The monoisotopic (exact) mass is 491 g/mol. The molecule has 2 atom stereocenters. The van der Waals surface area contributed by atoms with E-state index in [2.05, 4.69) is 60.6 Å². The number of ketones is 1. The van der Waals surface area contributed by atoms with Crippen LogP contribution in [0, 0.1) is 5.41 Å². The molecule has 34 heavy (non-hydrogen) atoms. The van der Waals surface area contributed by atoms with Gasteiger partial charge in [-0.25, -0.2) is 0 Å². The largest absolute Gasteiger partial charge is 0.372 e. The molecule has 0 bridgehead atoms. The fourth-order valence-electron chi connectivity index (χ4n) is 5.96. The summed E-state index contributed by atoms with van der Waals surface area (Å²) in [5.41, 5.74) is 4.81. The van der Waals surface area contributed by atoms with E-state index in [1.165, 1.54) is 37.1 Å². The van der Waals surface area contributed by atoms with Gasteiger partial charge >= 0.3 is 0 Å². The SMILES string of the molecule is CCC(=O)CN1CCN(c2ccc(N3C[C@@H](C)O[C@@H](C)C3)cc2C2CCC(C)(C)CC2)CC1.Cl. The molecule has 0 N–H and O–H groups in total. The lowest BCUT2D eigenvalue weighted by atomic mass is 9.71. The van der Waals surface area contributed by atoms with E-state index in [4.69, 9.17) is 4.74 Å². The summed E-state index contributed by atoms with van der Waals surface area (Å²) >= 11 is 0. The van der Waals surface area contributed by atoms with Crippen molar-refractivity contribution in [3.8, 4) is 0 Å². The highest BCUT2D eigenvalue weighted by atomic mass is 35.5. The zero-order chi connectivity index (χ0) is 23.6. The summed E-state index contributed by atoms with van der Waals surface area (Å²) in [6.45, 7) is 17.7. The minimum Gasteiger partial charge on any atom is -0.372 e. The molecule has 3 fully saturated rings. The summed E-state index contributed by atoms with van der Waals surface area (Å²) in [5, 5.41) is 0. The van der Waals surface area contributed by atoms with Gasteiger partial charge in [-0.05, 0) is 74.6 Å². The van der Waals surface area contributed by atoms with Crippen molar-refractivity contribution in [2.24, 2.45) is 5.41 Å². The first-order chi connectivity index (χ1) is 15.7. The van der Waals surface area contributed by atoms with Crippen molar-refractivity contribution in [1.29, 1.82) is 0 Å². The molecule has 1 aromatic rings. The van der Waals surface area contributed by atoms with Crippen LogP contribution in [-0.2, 0) is 9.53 Å². The molecule has 0 spiro atoms. The molecule has 1 aliphatic carbocycles. The number of carbonyl (C=O) groups is 1. The number of morpholine rings is 1. The lowest BCUT2D eigenvalue weighted by molar-refractivity contribution is -0.119. The van der Waals surface area contributed by atoms with Crippen molar-refractivity contribution in [3.63, 3.8) is 0 Å². The third-order valence-corrected chi connectivity index (χ3v) is 8.08. The van der Waals surface area contributed by atoms with Crippen molar-refractivity contribution in [2.45, 2.75) is 84.8 Å². The molecule has 192 valence electrons. The summed E-state index contributed by atoms with van der Waals surface area (Å²) in [7, 11) is 0. The number of rotatable bonds is 6. The number of piperazine rings is 1. The second kappa shape index (κ2) is 11.6. The van der Waals surface area contributed by atoms with Crippen molar-refractivity contribution in [2.75, 3.05) is 55.6 Å². The van der Waals surface area contributed by atoms with Crippen LogP contribution in [-0.4, -0.2) is 68.7 Å². The molecule has 0 aromatic heterocycles. The second-order valence-corrected chi connectivity index (χ2v) is 11.5. The summed E-state index contributed by atoms with van der Waals surface area (Å²) in [6.07, 6.45) is 6.36. The number of nitrogens with zero attached hydrogens (tertiary/aromatic N) is 3. The number of halogens is 1. The predicted octanol–water partition coefficient (Wildman–Crippen LogP) is 5.51. The van der Waals surface area contributed by atoms with Gasteiger partial charge in [-0.15, -0.1) is 12.4 Å². The smallest absolute Gasteiger partial charge is 0.146 e. The maximum atomic E-state index is 11.9. The fraction of sp³-hybridized carbons (Fsp3) is 0.750. The Kier molecular flexibility index (Phi) is 9.33. The van der Waals surface area contributed by atoms with Gasteiger partial charge < -0.3 is 14.5 Å². The second-order valence-electron chi connectivity index (χ2n) is 11.5. The third-order valence-electron chi connectivity index (χ3n) is 8.08. The molecular formula is C28H46ClN3O2. The van der Waals surface area contributed by atoms with Crippen LogP contribution < -0.4 is 9.80 Å². The molecule has 0 radical (unpaired) electrons. The first kappa shape index (κ1) is 27.3. The molecule has 4 rings (SSSR count). The van der Waals surface area contributed by atoms with Crippen LogP contribution in [0.2, 0.25) is 0 Å². The van der Waals surface area contributed by atoms with E-state index in [0.29, 0.717) is 30.1 Å². The van der Waals surface area contributed by atoms with Crippen LogP contribution in [0.3, 0.4) is 0 Å². The fourth-order valence-corrected chi connectivity index (χ4v) is 5.96. The lowest BCUT2D eigenvalue weighted by Gasteiger charge is -2.41. The molecule has 0 unspecified atom stereocenters. The summed E-state index contributed by atoms with van der Waals surface area (Å²) < 4.78 is 5.99. The van der Waals surface area contributed by atoms with E-state index in [9.17, 15) is 4.79 Å². The number of hydrogen-bond donors (Lipinski definition) is 0. The molecular weight excluding hydrogens is 446 g/mol. The lowest BCUT2D eigenvalue weighted by Crippen LogP contribution is -2.48. The van der Waals surface area contributed by atoms with Gasteiger partial charge in [0.25, 0.3) is 0 Å². The van der Waals surface area contributed by atoms with Crippen LogP contribution >= 0.6 is 12.4 Å². The summed E-state index contributed by atoms with van der Waals surface area (Å²) in [4.78, 5) is 19.3. The van der Waals surface area contributed by atoms with Gasteiger partial charge in [0.05, 0.1) is 18.8 Å². The Morgan fingerprint density at radius 1 is 1.00 bits per heavy atom. The molecule has 2 saturated heterocycles. The van der Waals surface area contributed by atoms with Crippen LogP contribution in [0.25, 0.3) is 0 Å². The zero-order valence-corrected chi connectivity index (χ0v) is 22.8. The molecule has 2 heterocycles. The number of benzene rings is 1. The minimum atomic E-state index is 0. The van der Waals surface area contributed by atoms with Gasteiger partial charge in [-0.2, -0.15) is 0 Å². The number of anilines is 2. The maximum absolute atomic E-state index is 11.9. The van der Waals surface area contributed by atoms with Gasteiger partial charge in [-0.1, -0.05) is 20.8 Å². The summed E-state index contributed by atoms with van der Waals surface area (Å²) in [5.74, 6) is 0.996. The van der Waals surface area contributed by atoms with Gasteiger partial charge in [-0.3, -0.25) is 9.69 Å². The molecule has 3 aliphatic rings. The predicted molar refractivity (Wildman–Crippen MR) is 145 cm³/mol. The van der Waals surface area contributed by atoms with Crippen molar-refractivity contribution in [1.82, 2.24) is 4.90 Å². The Bertz CT molecular complexity index is 802. The van der Waals surface area contributed by atoms with E-state index in [0.717, 1.165) is 39.3 Å². The Labute approximate surface area is 213 Å². The molecule has 1 saturated carbocycles. The van der Waals surface area contributed by atoms with Crippen LogP contribution in [0.1, 0.15) is 78.2 Å². The number of Topliss-reactive ketones (excluding diaryl/α,β-unsaturated/α-hetero) is 1. The van der Waals surface area contributed by atoms with Crippen molar-refractivity contribution < 1.29 is 9.53 Å². The minimum absolute atomic E-state index is 0. The quantitative estimate of drug-likeness (QED) is 0.524. The van der Waals surface area contributed by atoms with E-state index in [1.54, 1.807) is 5.56 Å². The molecule has 0 amide bonds. The highest BCUT2D eigenvalue weighted by molar-refractivity contribution is 5.85. The van der Waals surface area contributed by atoms with Crippen molar-refractivity contribution in [3.05, 3.63) is 23.8 Å². The summed E-state index contributed by atoms with van der Waals surface area (Å²) in [6, 6.07) is 7.24. The van der Waals surface area contributed by atoms with Crippen molar-refractivity contribution >= 4 is 29.6 Å². The van der Waals surface area contributed by atoms with Gasteiger partial charge in [0, 0.05) is 57.1 Å². The molecule has 2 aliphatic heterocycles. The standard InChI is InChI=1S/C28H45N3O2.ClH/c1-6-25(32)20-29-13-15-30(16-14-29)27-8-7-24(31-18-21(2)33-22(3)19-31)17-26(27)23-9-11-28(4,5)12-10-23;/h7-8,17,21-23H,6,9-16,18-20H2,1-5H3;1H/t21-,22+;. The molecule has 6 heteroatoms. The normalized spacial score (nSPS) is 26.3. The van der Waals surface area contributed by atoms with E-state index in [-0.39, 0.29) is 24.6 Å². The highest BCUT2D eigenvalue weighted by Crippen LogP contribution is 2.45. The maximum Gasteiger partial charge on any atom is 0.146 e. The number of carbonyl (C=O) groups excluding carboxylic acids is 1. The van der Waals surface area contributed by atoms with E-state index < -0.39 is 0 Å². The Hall–Kier alpha value is -1.30. The third kappa shape index (κ3) is 6.67. The Balaban J connectivity index is 0.00000324. The van der Waals surface area contributed by atoms with E-state index >= 15 is 0 Å². The van der Waals surface area contributed by atoms with Crippen LogP contribution in [0.5, 0.6) is 0 Å². The Morgan fingerprint density at radius 2 is 1.62 bits per heavy atom. The topological polar surface area (TPSA) is 36.0 Å². The molecule has 1 aromatic carbocycles. The van der Waals surface area contributed by atoms with Crippen LogP contribution in [0.15, 0.2) is 18.2 Å². The number of ether oxygens (including phenoxy) is 1. The number of hydrogen-bond acceptors (Lipinski definition) is 5. The average Bonchev–Trinajstić information content (AvgIpc) is 2.78. The molecule has 5 nitrogen and oxygen atoms in total. The van der Waals surface area contributed by atoms with Gasteiger partial charge in [0.2, 0.25) is 0 Å². The van der Waals surface area contributed by atoms with Crippen LogP contribution in [0.4, 0.5) is 11.4 Å². The Morgan fingerprint density at radius 3 is 2.21 bits per heavy atom. The highest BCUT2D eigenvalue weighted by Gasteiger charge is 2.31. The first-order valence-corrected chi connectivity index (χ1v) is 13.3. The van der Waals surface area contributed by atoms with Gasteiger partial charge in [0.15, 0.2) is 0 Å². The first-order valence-electron chi connectivity index (χ1n) is 13.3. The van der Waals surface area contributed by atoms with Gasteiger partial charge in [0.1, 0.15) is 5.78 Å².